The minimum Gasteiger partial charge on any atom is -0.350 e. The zero-order valence-electron chi connectivity index (χ0n) is 14.9. The normalized spacial score (nSPS) is 11.1. The smallest absolute Gasteiger partial charge is 0.275 e. The summed E-state index contributed by atoms with van der Waals surface area (Å²) in [5.74, 6) is -0.447. The van der Waals surface area contributed by atoms with Gasteiger partial charge in [-0.2, -0.15) is 5.10 Å². The first-order valence-corrected chi connectivity index (χ1v) is 8.79. The van der Waals surface area contributed by atoms with Gasteiger partial charge < -0.3 is 9.88 Å². The molecule has 0 aliphatic heterocycles. The largest absolute Gasteiger partial charge is 0.350 e. The summed E-state index contributed by atoms with van der Waals surface area (Å²) in [6.45, 7) is 1.17. The number of imidazole rings is 1. The van der Waals surface area contributed by atoms with Crippen molar-refractivity contribution in [2.45, 2.75) is 13.0 Å². The van der Waals surface area contributed by atoms with Crippen molar-refractivity contribution in [1.82, 2.24) is 24.6 Å². The standard InChI is InChI=1S/C20H19N5O2/c1-24-16-9-4-2-7-14(16)19(26)18(23-24)20(27)21-11-6-12-25-13-22-15-8-3-5-10-17(15)25/h2-5,7-10,13H,6,11-12H2,1H3,(H,21,27). The van der Waals surface area contributed by atoms with Crippen molar-refractivity contribution in [2.75, 3.05) is 6.54 Å². The van der Waals surface area contributed by atoms with Gasteiger partial charge in [-0.15, -0.1) is 0 Å². The van der Waals surface area contributed by atoms with Crippen LogP contribution in [0.5, 0.6) is 0 Å². The van der Waals surface area contributed by atoms with E-state index in [-0.39, 0.29) is 11.1 Å². The first-order chi connectivity index (χ1) is 13.1. The number of nitrogens with zero attached hydrogens (tertiary/aromatic N) is 4. The van der Waals surface area contributed by atoms with Crippen LogP contribution in [0.25, 0.3) is 21.9 Å². The molecular formula is C20H19N5O2. The zero-order chi connectivity index (χ0) is 18.8. The Balaban J connectivity index is 1.43. The number of hydrogen-bond acceptors (Lipinski definition) is 4. The highest BCUT2D eigenvalue weighted by Crippen LogP contribution is 2.12. The summed E-state index contributed by atoms with van der Waals surface area (Å²) in [7, 11) is 1.72. The maximum Gasteiger partial charge on any atom is 0.275 e. The molecule has 1 amide bonds. The van der Waals surface area contributed by atoms with Crippen LogP contribution in [0.3, 0.4) is 0 Å². The number of aryl methyl sites for hydroxylation is 2. The summed E-state index contributed by atoms with van der Waals surface area (Å²) >= 11 is 0. The highest BCUT2D eigenvalue weighted by molar-refractivity contribution is 5.95. The fraction of sp³-hybridized carbons (Fsp3) is 0.200. The van der Waals surface area contributed by atoms with Gasteiger partial charge in [0.05, 0.1) is 22.9 Å². The van der Waals surface area contributed by atoms with Crippen molar-refractivity contribution in [3.8, 4) is 0 Å². The van der Waals surface area contributed by atoms with Gasteiger partial charge in [0, 0.05) is 25.5 Å². The third kappa shape index (κ3) is 3.19. The maximum absolute atomic E-state index is 12.5. The molecule has 0 fully saturated rings. The molecule has 0 unspecified atom stereocenters. The lowest BCUT2D eigenvalue weighted by Crippen LogP contribution is -2.32. The molecule has 0 bridgehead atoms. The van der Waals surface area contributed by atoms with Crippen LogP contribution >= 0.6 is 0 Å². The number of para-hydroxylation sites is 3. The Morgan fingerprint density at radius 1 is 1.07 bits per heavy atom. The van der Waals surface area contributed by atoms with E-state index in [1.807, 2.05) is 30.3 Å². The van der Waals surface area contributed by atoms with Gasteiger partial charge in [0.2, 0.25) is 5.43 Å². The Labute approximate surface area is 155 Å². The van der Waals surface area contributed by atoms with Crippen LogP contribution in [-0.2, 0) is 13.6 Å². The van der Waals surface area contributed by atoms with E-state index in [2.05, 4.69) is 20.0 Å². The maximum atomic E-state index is 12.5. The SMILES string of the molecule is Cn1nc(C(=O)NCCCn2cnc3ccccc32)c(=O)c2ccccc21. The molecule has 0 atom stereocenters. The molecule has 0 aliphatic rings. The molecule has 1 N–H and O–H groups in total. The van der Waals surface area contributed by atoms with Crippen LogP contribution in [0.2, 0.25) is 0 Å². The number of aromatic nitrogens is 4. The first kappa shape index (κ1) is 17.0. The summed E-state index contributed by atoms with van der Waals surface area (Å²) in [6.07, 6.45) is 2.52. The van der Waals surface area contributed by atoms with Crippen molar-refractivity contribution in [3.05, 3.63) is 70.8 Å². The number of amides is 1. The molecular weight excluding hydrogens is 342 g/mol. The molecule has 0 saturated carbocycles. The van der Waals surface area contributed by atoms with Gasteiger partial charge in [0.1, 0.15) is 0 Å². The number of nitrogens with one attached hydrogen (secondary N) is 1. The molecule has 27 heavy (non-hydrogen) atoms. The summed E-state index contributed by atoms with van der Waals surface area (Å²) < 4.78 is 3.61. The lowest BCUT2D eigenvalue weighted by Gasteiger charge is -2.09. The van der Waals surface area contributed by atoms with Gasteiger partial charge in [-0.05, 0) is 30.7 Å². The molecule has 0 spiro atoms. The second kappa shape index (κ2) is 7.03. The van der Waals surface area contributed by atoms with Crippen LogP contribution in [-0.4, -0.2) is 31.8 Å². The third-order valence-electron chi connectivity index (χ3n) is 4.57. The van der Waals surface area contributed by atoms with Gasteiger partial charge in [-0.1, -0.05) is 24.3 Å². The van der Waals surface area contributed by atoms with E-state index in [9.17, 15) is 9.59 Å². The van der Waals surface area contributed by atoms with Crippen LogP contribution in [0.1, 0.15) is 16.9 Å². The average molecular weight is 361 g/mol. The van der Waals surface area contributed by atoms with Gasteiger partial charge in [-0.25, -0.2) is 4.98 Å². The summed E-state index contributed by atoms with van der Waals surface area (Å²) in [4.78, 5) is 29.3. The zero-order valence-corrected chi connectivity index (χ0v) is 14.9. The van der Waals surface area contributed by atoms with Crippen LogP contribution in [0.15, 0.2) is 59.7 Å². The number of carbonyl (C=O) groups excluding carboxylic acids is 1. The summed E-state index contributed by atoms with van der Waals surface area (Å²) in [6, 6.07) is 15.0. The highest BCUT2D eigenvalue weighted by atomic mass is 16.2. The van der Waals surface area contributed by atoms with Gasteiger partial charge >= 0.3 is 0 Å². The van der Waals surface area contributed by atoms with E-state index in [1.54, 1.807) is 36.3 Å². The van der Waals surface area contributed by atoms with E-state index >= 15 is 0 Å². The Bertz CT molecular complexity index is 1190. The Morgan fingerprint density at radius 3 is 2.67 bits per heavy atom. The van der Waals surface area contributed by atoms with Crippen LogP contribution in [0.4, 0.5) is 0 Å². The van der Waals surface area contributed by atoms with Gasteiger partial charge in [0.15, 0.2) is 5.69 Å². The number of fused-ring (bicyclic) bond motifs is 2. The fourth-order valence-corrected chi connectivity index (χ4v) is 3.20. The lowest BCUT2D eigenvalue weighted by molar-refractivity contribution is 0.0945. The molecule has 2 aromatic carbocycles. The minimum absolute atomic E-state index is 0.0794. The molecule has 136 valence electrons. The average Bonchev–Trinajstić information content (AvgIpc) is 3.11. The van der Waals surface area contributed by atoms with Crippen molar-refractivity contribution < 1.29 is 4.79 Å². The molecule has 4 rings (SSSR count). The quantitative estimate of drug-likeness (QED) is 0.552. The molecule has 2 heterocycles. The Kier molecular flexibility index (Phi) is 4.42. The van der Waals surface area contributed by atoms with Crippen molar-refractivity contribution in [2.24, 2.45) is 7.05 Å². The number of benzene rings is 2. The second-order valence-electron chi connectivity index (χ2n) is 6.35. The van der Waals surface area contributed by atoms with Gasteiger partial charge in [0.25, 0.3) is 5.91 Å². The molecule has 4 aromatic rings. The van der Waals surface area contributed by atoms with E-state index in [0.717, 1.165) is 24.0 Å². The van der Waals surface area contributed by atoms with Crippen molar-refractivity contribution in [1.29, 1.82) is 0 Å². The number of rotatable bonds is 5. The monoisotopic (exact) mass is 361 g/mol. The molecule has 7 heteroatoms. The summed E-state index contributed by atoms with van der Waals surface area (Å²) in [5.41, 5.74) is 2.29. The van der Waals surface area contributed by atoms with E-state index < -0.39 is 5.91 Å². The Morgan fingerprint density at radius 2 is 1.81 bits per heavy atom. The Hall–Kier alpha value is -3.48. The van der Waals surface area contributed by atoms with E-state index in [1.165, 1.54) is 0 Å². The molecule has 0 aliphatic carbocycles. The van der Waals surface area contributed by atoms with E-state index in [4.69, 9.17) is 0 Å². The predicted octanol–water partition coefficient (Wildman–Crippen LogP) is 2.10. The van der Waals surface area contributed by atoms with Crippen molar-refractivity contribution in [3.63, 3.8) is 0 Å². The lowest BCUT2D eigenvalue weighted by atomic mass is 10.2. The molecule has 0 radical (unpaired) electrons. The fourth-order valence-electron chi connectivity index (χ4n) is 3.20. The second-order valence-corrected chi connectivity index (χ2v) is 6.35. The summed E-state index contributed by atoms with van der Waals surface area (Å²) in [5, 5.41) is 7.43. The van der Waals surface area contributed by atoms with Gasteiger partial charge in [-0.3, -0.25) is 14.3 Å². The van der Waals surface area contributed by atoms with Crippen molar-refractivity contribution >= 4 is 27.8 Å². The molecule has 7 nitrogen and oxygen atoms in total. The van der Waals surface area contributed by atoms with Crippen LogP contribution in [0, 0.1) is 0 Å². The molecule has 0 saturated heterocycles. The van der Waals surface area contributed by atoms with Crippen LogP contribution < -0.4 is 10.7 Å². The topological polar surface area (TPSA) is 81.8 Å². The number of carbonyl (C=O) groups is 1. The predicted molar refractivity (Wildman–Crippen MR) is 104 cm³/mol. The molecule has 2 aromatic heterocycles. The van der Waals surface area contributed by atoms with E-state index in [0.29, 0.717) is 17.4 Å². The minimum atomic E-state index is -0.447. The first-order valence-electron chi connectivity index (χ1n) is 8.79. The third-order valence-corrected chi connectivity index (χ3v) is 4.57. The highest BCUT2D eigenvalue weighted by Gasteiger charge is 2.15. The number of hydrogen-bond donors (Lipinski definition) is 1.